The highest BCUT2D eigenvalue weighted by Gasteiger charge is 2.30. The maximum Gasteiger partial charge on any atom is 0.405 e. The maximum atomic E-state index is 13.0. The number of aromatic hydroxyl groups is 2. The molecule has 2 rings (SSSR count). The molecule has 11 heteroatoms. The van der Waals surface area contributed by atoms with Gasteiger partial charge in [-0.3, -0.25) is 4.79 Å². The van der Waals surface area contributed by atoms with Gasteiger partial charge in [-0.15, -0.1) is 6.58 Å². The lowest BCUT2D eigenvalue weighted by atomic mass is 9.87. The predicted octanol–water partition coefficient (Wildman–Crippen LogP) is 4.16. The molecule has 6 atom stereocenters. The van der Waals surface area contributed by atoms with E-state index >= 15 is 0 Å². The van der Waals surface area contributed by atoms with Gasteiger partial charge in [-0.1, -0.05) is 44.2 Å². The molecule has 1 aliphatic heterocycles. The summed E-state index contributed by atoms with van der Waals surface area (Å²) in [7, 11) is 2.95. The first-order chi connectivity index (χ1) is 19.8. The van der Waals surface area contributed by atoms with Crippen LogP contribution in [0.2, 0.25) is 0 Å². The van der Waals surface area contributed by atoms with E-state index in [9.17, 15) is 24.9 Å². The van der Waals surface area contributed by atoms with Crippen LogP contribution in [0.1, 0.15) is 39.7 Å². The Hall–Kier alpha value is -3.80. The van der Waals surface area contributed by atoms with Gasteiger partial charge in [-0.25, -0.2) is 4.79 Å². The lowest BCUT2D eigenvalue weighted by Crippen LogP contribution is -2.37. The Balaban J connectivity index is 2.67. The number of methoxy groups -OCH3 is 2. The van der Waals surface area contributed by atoms with Crippen LogP contribution >= 0.6 is 0 Å². The van der Waals surface area contributed by atoms with Gasteiger partial charge < -0.3 is 45.9 Å². The molecule has 0 fully saturated rings. The molecular formula is C31H45N3O8. The van der Waals surface area contributed by atoms with Gasteiger partial charge >= 0.3 is 6.09 Å². The third-order valence-corrected chi connectivity index (χ3v) is 7.25. The zero-order chi connectivity index (χ0) is 31.6. The maximum absolute atomic E-state index is 13.0. The smallest absolute Gasteiger partial charge is 0.405 e. The number of phenolic OH excluding ortho intramolecular Hbond substituents is 2. The fourth-order valence-electron chi connectivity index (χ4n) is 4.98. The van der Waals surface area contributed by atoms with Gasteiger partial charge in [-0.05, 0) is 38.2 Å². The molecule has 0 saturated carbocycles. The minimum Gasteiger partial charge on any atom is -0.506 e. The summed E-state index contributed by atoms with van der Waals surface area (Å²) in [6.45, 7) is 11.1. The number of rotatable bonds is 6. The van der Waals surface area contributed by atoms with E-state index in [4.69, 9.17) is 19.9 Å². The molecule has 2 bridgehead atoms. The molecule has 1 heterocycles. The van der Waals surface area contributed by atoms with Crippen molar-refractivity contribution in [2.75, 3.05) is 31.4 Å². The van der Waals surface area contributed by atoms with Crippen molar-refractivity contribution >= 4 is 23.4 Å². The molecule has 232 valence electrons. The second kappa shape index (κ2) is 16.0. The fraction of sp³-hybridized carbons (Fsp3) is 0.484. The standard InChI is InChI=1S/C31H45N3O8/c1-8-12-33-26-21-13-17(2)14-25(41-7)27(36)19(4)15-20(5)29(42-31(32)39)24(40-6)11-9-10-18(3)30(38)34-22(28(21)37)16-23(26)35/h8-11,15-17,19,24-25,27,29,33,35-37H,1,12-14H2,2-7H3,(H2,32,39)(H,34,38)/t17-,19+,24+,25+,27-,29+/m1/s1. The molecular weight excluding hydrogens is 542 g/mol. The normalized spacial score (nSPS) is 26.0. The van der Waals surface area contributed by atoms with E-state index in [-0.39, 0.29) is 23.1 Å². The highest BCUT2D eigenvalue weighted by molar-refractivity contribution is 6.04. The number of aliphatic hydroxyl groups excluding tert-OH is 1. The number of ether oxygens (including phenoxy) is 3. The number of fused-ring (bicyclic) bond motifs is 2. The number of hydrogen-bond acceptors (Lipinski definition) is 9. The summed E-state index contributed by atoms with van der Waals surface area (Å²) in [6.07, 6.45) is 4.64. The Bertz CT molecular complexity index is 1210. The van der Waals surface area contributed by atoms with Gasteiger partial charge in [-0.2, -0.15) is 0 Å². The van der Waals surface area contributed by atoms with Crippen molar-refractivity contribution in [2.45, 2.75) is 65.0 Å². The first-order valence-corrected chi connectivity index (χ1v) is 13.8. The van der Waals surface area contributed by atoms with Crippen LogP contribution in [0.3, 0.4) is 0 Å². The molecule has 0 unspecified atom stereocenters. The van der Waals surface area contributed by atoms with Gasteiger partial charge in [0.15, 0.2) is 6.10 Å². The van der Waals surface area contributed by atoms with Crippen molar-refractivity contribution in [3.05, 3.63) is 59.7 Å². The van der Waals surface area contributed by atoms with E-state index < -0.39 is 42.3 Å². The number of nitrogens with one attached hydrogen (secondary N) is 2. The quantitative estimate of drug-likeness (QED) is 0.162. The first-order valence-electron chi connectivity index (χ1n) is 13.8. The fourth-order valence-corrected chi connectivity index (χ4v) is 4.98. The molecule has 1 aromatic rings. The number of nitrogens with two attached hydrogens (primary N) is 1. The van der Waals surface area contributed by atoms with Crippen molar-refractivity contribution in [3.63, 3.8) is 0 Å². The van der Waals surface area contributed by atoms with Crippen LogP contribution in [0.25, 0.3) is 0 Å². The van der Waals surface area contributed by atoms with Crippen molar-refractivity contribution in [2.24, 2.45) is 17.6 Å². The molecule has 0 spiro atoms. The van der Waals surface area contributed by atoms with E-state index in [2.05, 4.69) is 17.2 Å². The molecule has 0 aromatic heterocycles. The van der Waals surface area contributed by atoms with E-state index in [0.29, 0.717) is 41.8 Å². The molecule has 2 amide bonds. The van der Waals surface area contributed by atoms with Gasteiger partial charge in [0, 0.05) is 43.9 Å². The van der Waals surface area contributed by atoms with Crippen molar-refractivity contribution in [3.8, 4) is 11.5 Å². The van der Waals surface area contributed by atoms with Crippen LogP contribution in [0, 0.1) is 11.8 Å². The number of phenols is 2. The van der Waals surface area contributed by atoms with Crippen molar-refractivity contribution in [1.82, 2.24) is 0 Å². The van der Waals surface area contributed by atoms with Gasteiger partial charge in [0.05, 0.1) is 23.6 Å². The van der Waals surface area contributed by atoms with Gasteiger partial charge in [0.2, 0.25) is 0 Å². The predicted molar refractivity (Wildman–Crippen MR) is 162 cm³/mol. The molecule has 0 aliphatic carbocycles. The van der Waals surface area contributed by atoms with Crippen LogP contribution in [0.5, 0.6) is 11.5 Å². The largest absolute Gasteiger partial charge is 0.506 e. The number of primary amides is 1. The molecule has 1 aromatic carbocycles. The highest BCUT2D eigenvalue weighted by Crippen LogP contribution is 2.42. The number of allylic oxidation sites excluding steroid dienone is 2. The highest BCUT2D eigenvalue weighted by atomic mass is 16.6. The Morgan fingerprint density at radius 2 is 1.93 bits per heavy atom. The molecule has 0 saturated heterocycles. The summed E-state index contributed by atoms with van der Waals surface area (Å²) in [5.74, 6) is -1.41. The van der Waals surface area contributed by atoms with E-state index in [1.807, 2.05) is 13.8 Å². The number of carbonyl (C=O) groups excluding carboxylic acids is 2. The van der Waals surface area contributed by atoms with Gasteiger partial charge in [0.1, 0.15) is 17.6 Å². The summed E-state index contributed by atoms with van der Waals surface area (Å²) < 4.78 is 16.6. The molecule has 7 N–H and O–H groups in total. The third-order valence-electron chi connectivity index (χ3n) is 7.25. The average Bonchev–Trinajstić information content (AvgIpc) is 2.94. The number of hydrogen-bond donors (Lipinski definition) is 6. The molecule has 1 aliphatic rings. The molecule has 0 radical (unpaired) electrons. The SMILES string of the molecule is C=CCNc1c(O)cc2c(O)c1C[C@@H](C)C[C@H](OC)[C@H](O)[C@@H](C)C=C(C)[C@H](OC(N)=O)[C@@H](OC)C=CC=C(C)C(=O)N2. The lowest BCUT2D eigenvalue weighted by Gasteiger charge is -2.29. The van der Waals surface area contributed by atoms with Crippen LogP contribution in [0.4, 0.5) is 16.2 Å². The van der Waals surface area contributed by atoms with Crippen molar-refractivity contribution < 1.29 is 39.1 Å². The number of aliphatic hydroxyl groups is 1. The second-order valence-corrected chi connectivity index (χ2v) is 10.6. The monoisotopic (exact) mass is 587 g/mol. The number of benzene rings is 1. The summed E-state index contributed by atoms with van der Waals surface area (Å²) in [4.78, 5) is 24.7. The van der Waals surface area contributed by atoms with Crippen LogP contribution in [0.15, 0.2) is 54.2 Å². The van der Waals surface area contributed by atoms with E-state index in [1.54, 1.807) is 38.2 Å². The minimum atomic E-state index is -0.990. The first kappa shape index (κ1) is 34.4. The molecule has 42 heavy (non-hydrogen) atoms. The summed E-state index contributed by atoms with van der Waals surface area (Å²) in [5, 5.41) is 39.1. The Morgan fingerprint density at radius 1 is 1.24 bits per heavy atom. The number of amides is 2. The summed E-state index contributed by atoms with van der Waals surface area (Å²) in [6, 6.07) is 1.28. The lowest BCUT2D eigenvalue weighted by molar-refractivity contribution is -0.112. The Labute approximate surface area is 247 Å². The second-order valence-electron chi connectivity index (χ2n) is 10.6. The van der Waals surface area contributed by atoms with Crippen LogP contribution < -0.4 is 16.4 Å². The molecule has 11 nitrogen and oxygen atoms in total. The number of carbonyl (C=O) groups is 2. The zero-order valence-electron chi connectivity index (χ0n) is 25.2. The number of anilines is 2. The van der Waals surface area contributed by atoms with Gasteiger partial charge in [0.25, 0.3) is 5.91 Å². The van der Waals surface area contributed by atoms with E-state index in [0.717, 1.165) is 0 Å². The Kier molecular flexibility index (Phi) is 13.1. The summed E-state index contributed by atoms with van der Waals surface area (Å²) in [5.41, 5.74) is 7.01. The minimum absolute atomic E-state index is 0.0416. The van der Waals surface area contributed by atoms with Crippen LogP contribution in [-0.4, -0.2) is 72.5 Å². The zero-order valence-corrected chi connectivity index (χ0v) is 25.2. The third kappa shape index (κ3) is 9.10. The summed E-state index contributed by atoms with van der Waals surface area (Å²) >= 11 is 0. The van der Waals surface area contributed by atoms with Crippen LogP contribution in [-0.2, 0) is 25.4 Å². The van der Waals surface area contributed by atoms with E-state index in [1.165, 1.54) is 26.4 Å². The average molecular weight is 588 g/mol. The topological polar surface area (TPSA) is 173 Å². The Morgan fingerprint density at radius 3 is 2.52 bits per heavy atom. The van der Waals surface area contributed by atoms with Crippen molar-refractivity contribution in [1.29, 1.82) is 0 Å².